The Bertz CT molecular complexity index is 202. The Balaban J connectivity index is 2.32. The van der Waals surface area contributed by atoms with Crippen LogP contribution in [0, 0.1) is 5.92 Å². The van der Waals surface area contributed by atoms with Gasteiger partial charge in [-0.05, 0) is 30.4 Å². The van der Waals surface area contributed by atoms with Gasteiger partial charge in [-0.3, -0.25) is 0 Å². The number of H-pyrrole nitrogens is 1. The van der Waals surface area contributed by atoms with E-state index in [1.807, 2.05) is 12.4 Å². The average molecular weight is 166 g/mol. The summed E-state index contributed by atoms with van der Waals surface area (Å²) in [6.45, 7) is 4.41. The molecule has 0 fully saturated rings. The Labute approximate surface area is 74.2 Å². The minimum atomic E-state index is 0.306. The zero-order valence-corrected chi connectivity index (χ0v) is 7.88. The van der Waals surface area contributed by atoms with E-state index in [4.69, 9.17) is 5.73 Å². The van der Waals surface area contributed by atoms with Gasteiger partial charge in [0.05, 0.1) is 0 Å². The number of nitrogens with two attached hydrogens (primary N) is 1. The van der Waals surface area contributed by atoms with Crippen LogP contribution in [0.5, 0.6) is 0 Å². The van der Waals surface area contributed by atoms with Crippen LogP contribution in [-0.2, 0) is 6.42 Å². The van der Waals surface area contributed by atoms with Gasteiger partial charge in [-0.1, -0.05) is 13.8 Å². The standard InChI is InChI=1S/C10H18N2/c1-8(2)5-10(11)6-9-3-4-12-7-9/h3-4,7-8,10,12H,5-6,11H2,1-2H3. The summed E-state index contributed by atoms with van der Waals surface area (Å²) in [6.07, 6.45) is 6.05. The summed E-state index contributed by atoms with van der Waals surface area (Å²) in [5.74, 6) is 0.693. The normalized spacial score (nSPS) is 13.7. The summed E-state index contributed by atoms with van der Waals surface area (Å²) in [5.41, 5.74) is 7.26. The van der Waals surface area contributed by atoms with Crippen molar-refractivity contribution in [1.82, 2.24) is 4.98 Å². The maximum Gasteiger partial charge on any atom is 0.00823 e. The minimum Gasteiger partial charge on any atom is -0.367 e. The third-order valence-electron chi connectivity index (χ3n) is 1.93. The third-order valence-corrected chi connectivity index (χ3v) is 1.93. The Morgan fingerprint density at radius 3 is 2.75 bits per heavy atom. The van der Waals surface area contributed by atoms with Gasteiger partial charge in [0.15, 0.2) is 0 Å². The summed E-state index contributed by atoms with van der Waals surface area (Å²) in [4.78, 5) is 3.03. The molecule has 0 saturated heterocycles. The van der Waals surface area contributed by atoms with Crippen molar-refractivity contribution in [2.75, 3.05) is 0 Å². The number of aromatic nitrogens is 1. The van der Waals surface area contributed by atoms with Crippen molar-refractivity contribution in [3.05, 3.63) is 24.0 Å². The van der Waals surface area contributed by atoms with Crippen LogP contribution in [0.3, 0.4) is 0 Å². The van der Waals surface area contributed by atoms with Crippen LogP contribution < -0.4 is 5.73 Å². The fourth-order valence-corrected chi connectivity index (χ4v) is 1.48. The summed E-state index contributed by atoms with van der Waals surface area (Å²) < 4.78 is 0. The molecule has 0 aliphatic carbocycles. The molecule has 0 bridgehead atoms. The van der Waals surface area contributed by atoms with Crippen LogP contribution in [0.15, 0.2) is 18.5 Å². The molecule has 3 N–H and O–H groups in total. The molecule has 1 rings (SSSR count). The van der Waals surface area contributed by atoms with Crippen molar-refractivity contribution in [3.8, 4) is 0 Å². The van der Waals surface area contributed by atoms with Gasteiger partial charge in [0.25, 0.3) is 0 Å². The van der Waals surface area contributed by atoms with Crippen LogP contribution in [0.2, 0.25) is 0 Å². The van der Waals surface area contributed by atoms with Gasteiger partial charge < -0.3 is 10.7 Å². The number of hydrogen-bond donors (Lipinski definition) is 2. The van der Waals surface area contributed by atoms with Crippen LogP contribution in [-0.4, -0.2) is 11.0 Å². The fraction of sp³-hybridized carbons (Fsp3) is 0.600. The highest BCUT2D eigenvalue weighted by Crippen LogP contribution is 2.08. The van der Waals surface area contributed by atoms with Gasteiger partial charge in [-0.25, -0.2) is 0 Å². The Morgan fingerprint density at radius 2 is 2.25 bits per heavy atom. The zero-order valence-electron chi connectivity index (χ0n) is 7.88. The zero-order chi connectivity index (χ0) is 8.97. The van der Waals surface area contributed by atoms with Crippen LogP contribution in [0.25, 0.3) is 0 Å². The van der Waals surface area contributed by atoms with Crippen LogP contribution >= 0.6 is 0 Å². The minimum absolute atomic E-state index is 0.306. The van der Waals surface area contributed by atoms with Crippen molar-refractivity contribution in [2.24, 2.45) is 11.7 Å². The molecule has 1 heterocycles. The Hall–Kier alpha value is -0.760. The first-order chi connectivity index (χ1) is 5.68. The van der Waals surface area contributed by atoms with Gasteiger partial charge in [-0.15, -0.1) is 0 Å². The summed E-state index contributed by atoms with van der Waals surface area (Å²) in [5, 5.41) is 0. The molecule has 1 atom stereocenters. The van der Waals surface area contributed by atoms with E-state index in [1.54, 1.807) is 0 Å². The van der Waals surface area contributed by atoms with Crippen molar-refractivity contribution < 1.29 is 0 Å². The van der Waals surface area contributed by atoms with Gasteiger partial charge in [0.1, 0.15) is 0 Å². The molecule has 0 radical (unpaired) electrons. The maximum atomic E-state index is 5.95. The van der Waals surface area contributed by atoms with Gasteiger partial charge in [0, 0.05) is 18.4 Å². The second kappa shape index (κ2) is 4.31. The average Bonchev–Trinajstić information content (AvgIpc) is 2.37. The number of hydrogen-bond acceptors (Lipinski definition) is 1. The predicted octanol–water partition coefficient (Wildman–Crippen LogP) is 1.93. The van der Waals surface area contributed by atoms with Crippen molar-refractivity contribution >= 4 is 0 Å². The maximum absolute atomic E-state index is 5.95. The highest BCUT2D eigenvalue weighted by Gasteiger charge is 2.06. The highest BCUT2D eigenvalue weighted by atomic mass is 14.7. The van der Waals surface area contributed by atoms with Gasteiger partial charge in [-0.2, -0.15) is 0 Å². The molecule has 0 amide bonds. The number of rotatable bonds is 4. The van der Waals surface area contributed by atoms with E-state index in [0.29, 0.717) is 12.0 Å². The van der Waals surface area contributed by atoms with Gasteiger partial charge in [0.2, 0.25) is 0 Å². The molecule has 0 saturated carbocycles. The molecule has 12 heavy (non-hydrogen) atoms. The molecular formula is C10H18N2. The molecule has 0 aliphatic heterocycles. The first kappa shape index (κ1) is 9.33. The van der Waals surface area contributed by atoms with E-state index in [-0.39, 0.29) is 0 Å². The van der Waals surface area contributed by atoms with Crippen LogP contribution in [0.1, 0.15) is 25.8 Å². The van der Waals surface area contributed by atoms with Crippen molar-refractivity contribution in [1.29, 1.82) is 0 Å². The molecular weight excluding hydrogens is 148 g/mol. The van der Waals surface area contributed by atoms with Crippen molar-refractivity contribution in [3.63, 3.8) is 0 Å². The second-order valence-electron chi connectivity index (χ2n) is 3.81. The number of aromatic amines is 1. The molecule has 1 aromatic heterocycles. The summed E-state index contributed by atoms with van der Waals surface area (Å²) in [6, 6.07) is 2.39. The SMILES string of the molecule is CC(C)CC(N)Cc1cc[nH]c1. The van der Waals surface area contributed by atoms with Gasteiger partial charge >= 0.3 is 0 Å². The van der Waals surface area contributed by atoms with E-state index < -0.39 is 0 Å². The lowest BCUT2D eigenvalue weighted by atomic mass is 10.00. The molecule has 0 aromatic carbocycles. The largest absolute Gasteiger partial charge is 0.367 e. The lowest BCUT2D eigenvalue weighted by Gasteiger charge is -2.12. The lowest BCUT2D eigenvalue weighted by molar-refractivity contribution is 0.493. The number of nitrogens with one attached hydrogen (secondary N) is 1. The van der Waals surface area contributed by atoms with E-state index in [2.05, 4.69) is 24.9 Å². The van der Waals surface area contributed by atoms with E-state index >= 15 is 0 Å². The lowest BCUT2D eigenvalue weighted by Crippen LogP contribution is -2.24. The molecule has 2 heteroatoms. The van der Waals surface area contributed by atoms with E-state index in [9.17, 15) is 0 Å². The quantitative estimate of drug-likeness (QED) is 0.705. The Kier molecular flexibility index (Phi) is 3.35. The molecule has 0 spiro atoms. The topological polar surface area (TPSA) is 41.8 Å². The van der Waals surface area contributed by atoms with Crippen LogP contribution in [0.4, 0.5) is 0 Å². The summed E-state index contributed by atoms with van der Waals surface area (Å²) >= 11 is 0. The first-order valence-corrected chi connectivity index (χ1v) is 4.55. The van der Waals surface area contributed by atoms with Crippen molar-refractivity contribution in [2.45, 2.75) is 32.7 Å². The molecule has 2 nitrogen and oxygen atoms in total. The molecule has 68 valence electrons. The second-order valence-corrected chi connectivity index (χ2v) is 3.81. The molecule has 1 aromatic rings. The molecule has 0 aliphatic rings. The highest BCUT2D eigenvalue weighted by molar-refractivity contribution is 5.09. The fourth-order valence-electron chi connectivity index (χ4n) is 1.48. The molecule has 1 unspecified atom stereocenters. The predicted molar refractivity (Wildman–Crippen MR) is 51.9 cm³/mol. The third kappa shape index (κ3) is 3.09. The first-order valence-electron chi connectivity index (χ1n) is 4.55. The monoisotopic (exact) mass is 166 g/mol. The van der Waals surface area contributed by atoms with E-state index in [0.717, 1.165) is 12.8 Å². The smallest absolute Gasteiger partial charge is 0.00823 e. The Morgan fingerprint density at radius 1 is 1.50 bits per heavy atom. The summed E-state index contributed by atoms with van der Waals surface area (Å²) in [7, 11) is 0. The van der Waals surface area contributed by atoms with E-state index in [1.165, 1.54) is 5.56 Å².